The Morgan fingerprint density at radius 3 is 2.50 bits per heavy atom. The summed E-state index contributed by atoms with van der Waals surface area (Å²) in [7, 11) is -3.77. The molecule has 174 valence electrons. The number of hydrogen-bond donors (Lipinski definition) is 2. The lowest BCUT2D eigenvalue weighted by molar-refractivity contribution is -0.121. The van der Waals surface area contributed by atoms with Gasteiger partial charge >= 0.3 is 6.09 Å². The number of piperidine rings is 1. The lowest BCUT2D eigenvalue weighted by Crippen LogP contribution is -2.43. The fourth-order valence-corrected chi connectivity index (χ4v) is 4.34. The minimum atomic E-state index is -3.77. The first-order valence-electron chi connectivity index (χ1n) is 10.4. The van der Waals surface area contributed by atoms with Crippen LogP contribution in [-0.4, -0.2) is 44.0 Å². The second kappa shape index (κ2) is 9.74. The van der Waals surface area contributed by atoms with Gasteiger partial charge in [-0.15, -0.1) is 0 Å². The van der Waals surface area contributed by atoms with E-state index >= 15 is 0 Å². The van der Waals surface area contributed by atoms with Crippen LogP contribution in [0.5, 0.6) is 0 Å². The Labute approximate surface area is 188 Å². The fraction of sp³-hybridized carbons (Fsp3) is 0.455. The first-order chi connectivity index (χ1) is 15.0. The standard InChI is InChI=1S/C22H29N3O6S/c1-22(2,3)31-21(27)25-11-9-16(10-12-25)20(26)24-17-6-4-8-19(14-17)32(28,29)23-15-18-7-5-13-30-18/h4-8,13-14,16,23H,9-12,15H2,1-3H3,(H,24,26). The number of anilines is 1. The molecule has 0 saturated carbocycles. The predicted octanol–water partition coefficient (Wildman–Crippen LogP) is 3.34. The second-order valence-electron chi connectivity index (χ2n) is 8.66. The van der Waals surface area contributed by atoms with E-state index in [1.165, 1.54) is 18.4 Å². The van der Waals surface area contributed by atoms with Crippen LogP contribution in [0.1, 0.15) is 39.4 Å². The van der Waals surface area contributed by atoms with Crippen LogP contribution in [0.2, 0.25) is 0 Å². The molecule has 32 heavy (non-hydrogen) atoms. The van der Waals surface area contributed by atoms with E-state index in [9.17, 15) is 18.0 Å². The molecule has 1 saturated heterocycles. The van der Waals surface area contributed by atoms with Gasteiger partial charge in [0, 0.05) is 24.7 Å². The molecule has 0 atom stereocenters. The van der Waals surface area contributed by atoms with Crippen LogP contribution in [0.25, 0.3) is 0 Å². The minimum Gasteiger partial charge on any atom is -0.468 e. The van der Waals surface area contributed by atoms with Crippen LogP contribution < -0.4 is 10.0 Å². The van der Waals surface area contributed by atoms with Gasteiger partial charge in [-0.3, -0.25) is 4.79 Å². The van der Waals surface area contributed by atoms with Crippen LogP contribution in [0.15, 0.2) is 52.0 Å². The monoisotopic (exact) mass is 463 g/mol. The van der Waals surface area contributed by atoms with Gasteiger partial charge in [0.05, 0.1) is 17.7 Å². The molecule has 2 N–H and O–H groups in total. The molecular formula is C22H29N3O6S. The van der Waals surface area contributed by atoms with Gasteiger partial charge in [0.15, 0.2) is 0 Å². The highest BCUT2D eigenvalue weighted by Gasteiger charge is 2.30. The number of hydrogen-bond acceptors (Lipinski definition) is 6. The summed E-state index contributed by atoms with van der Waals surface area (Å²) in [5.41, 5.74) is -0.172. The summed E-state index contributed by atoms with van der Waals surface area (Å²) in [5, 5.41) is 2.79. The van der Waals surface area contributed by atoms with Gasteiger partial charge in [0.1, 0.15) is 11.4 Å². The molecular weight excluding hydrogens is 434 g/mol. The molecule has 10 heteroatoms. The van der Waals surface area contributed by atoms with Crippen molar-refractivity contribution in [3.8, 4) is 0 Å². The van der Waals surface area contributed by atoms with Crippen molar-refractivity contribution in [3.63, 3.8) is 0 Å². The van der Waals surface area contributed by atoms with Crippen molar-refractivity contribution in [1.82, 2.24) is 9.62 Å². The number of nitrogens with one attached hydrogen (secondary N) is 2. The molecule has 0 aliphatic carbocycles. The summed E-state index contributed by atoms with van der Waals surface area (Å²) in [6, 6.07) is 9.43. The van der Waals surface area contributed by atoms with E-state index in [1.807, 2.05) is 20.8 Å². The number of likely N-dealkylation sites (tertiary alicyclic amines) is 1. The van der Waals surface area contributed by atoms with Gasteiger partial charge in [-0.1, -0.05) is 6.07 Å². The molecule has 1 aromatic carbocycles. The van der Waals surface area contributed by atoms with E-state index in [1.54, 1.807) is 29.2 Å². The van der Waals surface area contributed by atoms with Crippen molar-refractivity contribution in [2.45, 2.75) is 50.7 Å². The van der Waals surface area contributed by atoms with Crippen LogP contribution in [0, 0.1) is 5.92 Å². The van der Waals surface area contributed by atoms with Crippen molar-refractivity contribution in [2.24, 2.45) is 5.92 Å². The molecule has 1 aliphatic heterocycles. The summed E-state index contributed by atoms with van der Waals surface area (Å²) in [6.07, 6.45) is 2.11. The fourth-order valence-electron chi connectivity index (χ4n) is 3.30. The zero-order chi connectivity index (χ0) is 23.4. The highest BCUT2D eigenvalue weighted by Crippen LogP contribution is 2.22. The molecule has 9 nitrogen and oxygen atoms in total. The first kappa shape index (κ1) is 23.8. The smallest absolute Gasteiger partial charge is 0.410 e. The van der Waals surface area contributed by atoms with E-state index in [-0.39, 0.29) is 29.4 Å². The van der Waals surface area contributed by atoms with Crippen LogP contribution in [-0.2, 0) is 26.1 Å². The molecule has 1 aliphatic rings. The number of nitrogens with zero attached hydrogens (tertiary/aromatic N) is 1. The Hall–Kier alpha value is -2.85. The quantitative estimate of drug-likeness (QED) is 0.678. The minimum absolute atomic E-state index is 0.0299. The highest BCUT2D eigenvalue weighted by molar-refractivity contribution is 7.89. The Bertz CT molecular complexity index is 1040. The summed E-state index contributed by atoms with van der Waals surface area (Å²) in [4.78, 5) is 26.5. The van der Waals surface area contributed by atoms with Gasteiger partial charge in [0.2, 0.25) is 15.9 Å². The van der Waals surface area contributed by atoms with Gasteiger partial charge in [-0.2, -0.15) is 0 Å². The Morgan fingerprint density at radius 2 is 1.88 bits per heavy atom. The van der Waals surface area contributed by atoms with Gasteiger partial charge < -0.3 is 19.4 Å². The first-order valence-corrected chi connectivity index (χ1v) is 11.9. The van der Waals surface area contributed by atoms with Crippen LogP contribution >= 0.6 is 0 Å². The molecule has 3 rings (SSSR count). The van der Waals surface area contributed by atoms with Crippen molar-refractivity contribution >= 4 is 27.7 Å². The summed E-state index contributed by atoms with van der Waals surface area (Å²) in [6.45, 7) is 6.32. The van der Waals surface area contributed by atoms with Crippen LogP contribution in [0.4, 0.5) is 10.5 Å². The van der Waals surface area contributed by atoms with Crippen molar-refractivity contribution in [3.05, 3.63) is 48.4 Å². The lowest BCUT2D eigenvalue weighted by atomic mass is 9.96. The van der Waals surface area contributed by atoms with E-state index < -0.39 is 15.6 Å². The Morgan fingerprint density at radius 1 is 1.16 bits per heavy atom. The largest absolute Gasteiger partial charge is 0.468 e. The second-order valence-corrected chi connectivity index (χ2v) is 10.4. The molecule has 0 unspecified atom stereocenters. The van der Waals surface area contributed by atoms with E-state index in [0.29, 0.717) is 37.4 Å². The van der Waals surface area contributed by atoms with Crippen molar-refractivity contribution < 1.29 is 27.2 Å². The maximum atomic E-state index is 12.7. The van der Waals surface area contributed by atoms with E-state index in [0.717, 1.165) is 0 Å². The van der Waals surface area contributed by atoms with Gasteiger partial charge in [-0.25, -0.2) is 17.9 Å². The maximum Gasteiger partial charge on any atom is 0.410 e. The molecule has 0 bridgehead atoms. The third kappa shape index (κ3) is 6.57. The van der Waals surface area contributed by atoms with Crippen molar-refractivity contribution in [1.29, 1.82) is 0 Å². The zero-order valence-electron chi connectivity index (χ0n) is 18.5. The van der Waals surface area contributed by atoms with Crippen molar-refractivity contribution in [2.75, 3.05) is 18.4 Å². The SMILES string of the molecule is CC(C)(C)OC(=O)N1CCC(C(=O)Nc2cccc(S(=O)(=O)NCc3ccco3)c2)CC1. The number of ether oxygens (including phenoxy) is 1. The number of furan rings is 1. The van der Waals surface area contributed by atoms with Crippen LogP contribution in [0.3, 0.4) is 0 Å². The number of rotatable bonds is 6. The molecule has 2 amide bonds. The molecule has 2 aromatic rings. The Kier molecular flexibility index (Phi) is 7.25. The maximum absolute atomic E-state index is 12.7. The average Bonchev–Trinajstić information content (AvgIpc) is 3.25. The summed E-state index contributed by atoms with van der Waals surface area (Å²) < 4.78 is 38.1. The number of amides is 2. The lowest BCUT2D eigenvalue weighted by Gasteiger charge is -2.32. The predicted molar refractivity (Wildman–Crippen MR) is 118 cm³/mol. The normalized spacial score (nSPS) is 15.4. The van der Waals surface area contributed by atoms with E-state index in [4.69, 9.17) is 9.15 Å². The number of carbonyl (C=O) groups excluding carboxylic acids is 2. The van der Waals surface area contributed by atoms with Gasteiger partial charge in [-0.05, 0) is 63.9 Å². The highest BCUT2D eigenvalue weighted by atomic mass is 32.2. The molecule has 1 fully saturated rings. The van der Waals surface area contributed by atoms with Gasteiger partial charge in [0.25, 0.3) is 0 Å². The average molecular weight is 464 g/mol. The Balaban J connectivity index is 1.55. The summed E-state index contributed by atoms with van der Waals surface area (Å²) in [5.74, 6) is 0.0220. The molecule has 1 aromatic heterocycles. The number of carbonyl (C=O) groups is 2. The topological polar surface area (TPSA) is 118 Å². The molecule has 0 spiro atoms. The molecule has 2 heterocycles. The zero-order valence-corrected chi connectivity index (χ0v) is 19.3. The third-order valence-corrected chi connectivity index (χ3v) is 6.34. The third-order valence-electron chi connectivity index (χ3n) is 4.95. The number of benzene rings is 1. The van der Waals surface area contributed by atoms with E-state index in [2.05, 4.69) is 10.0 Å². The number of sulfonamides is 1. The summed E-state index contributed by atoms with van der Waals surface area (Å²) >= 11 is 0. The molecule has 0 radical (unpaired) electrons.